The van der Waals surface area contributed by atoms with Crippen molar-refractivity contribution in [1.82, 2.24) is 9.29 Å². The van der Waals surface area contributed by atoms with E-state index in [0.717, 1.165) is 22.7 Å². The second-order valence-electron chi connectivity index (χ2n) is 6.88. The second kappa shape index (κ2) is 7.87. The summed E-state index contributed by atoms with van der Waals surface area (Å²) in [5, 5.41) is -0.547. The highest BCUT2D eigenvalue weighted by atomic mass is 35.5. The lowest BCUT2D eigenvalue weighted by Crippen LogP contribution is -2.33. The first kappa shape index (κ1) is 19.9. The summed E-state index contributed by atoms with van der Waals surface area (Å²) in [6.45, 7) is 4.28. The van der Waals surface area contributed by atoms with Crippen molar-refractivity contribution in [2.24, 2.45) is 5.92 Å². The second-order valence-corrected chi connectivity index (χ2v) is 8.96. The molecule has 1 saturated heterocycles. The number of unbranched alkanes of at least 4 members (excludes halogenated alkanes) is 1. The Hall–Kier alpha value is -1.40. The van der Waals surface area contributed by atoms with Gasteiger partial charge in [-0.2, -0.15) is 0 Å². The van der Waals surface area contributed by atoms with Gasteiger partial charge < -0.3 is 0 Å². The molecule has 25 heavy (non-hydrogen) atoms. The summed E-state index contributed by atoms with van der Waals surface area (Å²) in [5.41, 5.74) is 3.47. The van der Waals surface area contributed by atoms with Crippen LogP contribution in [0.1, 0.15) is 45.1 Å². The molecule has 0 saturated carbocycles. The van der Waals surface area contributed by atoms with E-state index in [0.29, 0.717) is 25.8 Å². The van der Waals surface area contributed by atoms with Gasteiger partial charge in [-0.1, -0.05) is 11.1 Å². The Kier molecular flexibility index (Phi) is 6.27. The molecule has 5 nitrogen and oxygen atoms in total. The average Bonchev–Trinajstić information content (AvgIpc) is 2.73. The molecule has 0 N–H and O–H groups in total. The fraction of sp³-hybridized carbons (Fsp3) is 0.556. The van der Waals surface area contributed by atoms with Gasteiger partial charge in [0.25, 0.3) is 0 Å². The number of aromatic nitrogens is 1. The molecule has 2 aliphatic rings. The number of nitrogens with zero attached hydrogens (tertiary/aromatic N) is 2. The highest BCUT2D eigenvalue weighted by Gasteiger charge is 2.53. The summed E-state index contributed by atoms with van der Waals surface area (Å²) >= 11 is 0. The summed E-state index contributed by atoms with van der Waals surface area (Å²) in [4.78, 5) is 16.6. The highest BCUT2D eigenvalue weighted by Crippen LogP contribution is 2.41. The van der Waals surface area contributed by atoms with Crippen LogP contribution in [0.5, 0.6) is 0 Å². The van der Waals surface area contributed by atoms with Crippen LogP contribution in [0, 0.1) is 5.92 Å². The number of pyridine rings is 1. The first-order valence-corrected chi connectivity index (χ1v) is 10.0. The fourth-order valence-corrected chi connectivity index (χ4v) is 5.84. The lowest BCUT2D eigenvalue weighted by atomic mass is 9.84. The van der Waals surface area contributed by atoms with Crippen LogP contribution in [-0.2, 0) is 21.2 Å². The lowest BCUT2D eigenvalue weighted by molar-refractivity contribution is -0.129. The SMILES string of the molecule is CC1=C(C)CC2C(C1)C(=O)N(CCCCc1ccncc1)S2(=O)=O.Cl. The van der Waals surface area contributed by atoms with Gasteiger partial charge in [0.05, 0.1) is 11.2 Å². The number of carbonyl (C=O) groups excluding carboxylic acids is 1. The van der Waals surface area contributed by atoms with E-state index in [1.807, 2.05) is 26.0 Å². The maximum Gasteiger partial charge on any atom is 0.241 e. The van der Waals surface area contributed by atoms with Crippen molar-refractivity contribution in [3.05, 3.63) is 41.2 Å². The lowest BCUT2D eigenvalue weighted by Gasteiger charge is -2.23. The number of fused-ring (bicyclic) bond motifs is 1. The molecular weight excluding hydrogens is 360 g/mol. The first-order chi connectivity index (χ1) is 11.4. The summed E-state index contributed by atoms with van der Waals surface area (Å²) < 4.78 is 26.6. The first-order valence-electron chi connectivity index (χ1n) is 8.51. The highest BCUT2D eigenvalue weighted by molar-refractivity contribution is 7.90. The van der Waals surface area contributed by atoms with Gasteiger partial charge in [0.1, 0.15) is 0 Å². The number of allylic oxidation sites excluding steroid dienone is 2. The molecule has 3 rings (SSSR count). The van der Waals surface area contributed by atoms with E-state index in [1.54, 1.807) is 12.4 Å². The number of aryl methyl sites for hydroxylation is 1. The maximum absolute atomic E-state index is 12.7. The summed E-state index contributed by atoms with van der Waals surface area (Å²) in [6, 6.07) is 3.92. The Morgan fingerprint density at radius 1 is 1.12 bits per heavy atom. The number of hydrogen-bond acceptors (Lipinski definition) is 4. The Morgan fingerprint density at radius 2 is 1.76 bits per heavy atom. The monoisotopic (exact) mass is 384 g/mol. The number of carbonyl (C=O) groups is 1. The smallest absolute Gasteiger partial charge is 0.241 e. The van der Waals surface area contributed by atoms with Crippen molar-refractivity contribution in [2.75, 3.05) is 6.54 Å². The van der Waals surface area contributed by atoms with Crippen LogP contribution in [-0.4, -0.2) is 35.4 Å². The van der Waals surface area contributed by atoms with Crippen molar-refractivity contribution in [3.8, 4) is 0 Å². The number of amides is 1. The quantitative estimate of drug-likeness (QED) is 0.577. The van der Waals surface area contributed by atoms with Gasteiger partial charge in [-0.15, -0.1) is 12.4 Å². The van der Waals surface area contributed by atoms with Crippen LogP contribution < -0.4 is 0 Å². The number of hydrogen-bond donors (Lipinski definition) is 0. The molecule has 7 heteroatoms. The van der Waals surface area contributed by atoms with Gasteiger partial charge >= 0.3 is 0 Å². The van der Waals surface area contributed by atoms with Gasteiger partial charge in [0.2, 0.25) is 15.9 Å². The number of sulfonamides is 1. The Labute approximate surface area is 156 Å². The topological polar surface area (TPSA) is 67.3 Å². The molecule has 1 amide bonds. The van der Waals surface area contributed by atoms with Crippen LogP contribution in [0.2, 0.25) is 0 Å². The molecular formula is C18H25ClN2O3S. The zero-order valence-corrected chi connectivity index (χ0v) is 16.3. The van der Waals surface area contributed by atoms with Crippen LogP contribution >= 0.6 is 12.4 Å². The van der Waals surface area contributed by atoms with Gasteiger partial charge in [-0.25, -0.2) is 12.7 Å². The molecule has 1 aliphatic heterocycles. The van der Waals surface area contributed by atoms with E-state index in [2.05, 4.69) is 4.98 Å². The molecule has 0 radical (unpaired) electrons. The molecule has 0 spiro atoms. The fourth-order valence-electron chi connectivity index (χ4n) is 3.66. The van der Waals surface area contributed by atoms with Crippen LogP contribution in [0.15, 0.2) is 35.7 Å². The summed E-state index contributed by atoms with van der Waals surface area (Å²) in [6.07, 6.45) is 7.02. The Morgan fingerprint density at radius 3 is 2.44 bits per heavy atom. The minimum absolute atomic E-state index is 0. The van der Waals surface area contributed by atoms with Gasteiger partial charge in [-0.05, 0) is 63.6 Å². The third-order valence-electron chi connectivity index (χ3n) is 5.29. The van der Waals surface area contributed by atoms with Gasteiger partial charge in [0.15, 0.2) is 0 Å². The van der Waals surface area contributed by atoms with Crippen LogP contribution in [0.25, 0.3) is 0 Å². The van der Waals surface area contributed by atoms with Crippen molar-refractivity contribution in [1.29, 1.82) is 0 Å². The zero-order valence-electron chi connectivity index (χ0n) is 14.6. The number of halogens is 1. The van der Waals surface area contributed by atoms with Crippen molar-refractivity contribution < 1.29 is 13.2 Å². The molecule has 0 bridgehead atoms. The van der Waals surface area contributed by atoms with E-state index >= 15 is 0 Å². The zero-order chi connectivity index (χ0) is 17.3. The Balaban J connectivity index is 0.00000225. The molecule has 1 aromatic heterocycles. The van der Waals surface area contributed by atoms with E-state index in [9.17, 15) is 13.2 Å². The molecule has 0 aromatic carbocycles. The minimum Gasteiger partial charge on any atom is -0.273 e. The third-order valence-corrected chi connectivity index (χ3v) is 7.53. The van der Waals surface area contributed by atoms with Crippen LogP contribution in [0.4, 0.5) is 0 Å². The molecule has 2 unspecified atom stereocenters. The predicted octanol–water partition coefficient (Wildman–Crippen LogP) is 3.11. The molecule has 1 aromatic rings. The Bertz CT molecular complexity index is 762. The van der Waals surface area contributed by atoms with E-state index in [4.69, 9.17) is 0 Å². The largest absolute Gasteiger partial charge is 0.273 e. The third kappa shape index (κ3) is 3.90. The van der Waals surface area contributed by atoms with Gasteiger partial charge in [0, 0.05) is 18.9 Å². The molecule has 1 fully saturated rings. The van der Waals surface area contributed by atoms with Crippen molar-refractivity contribution in [2.45, 2.75) is 51.2 Å². The summed E-state index contributed by atoms with van der Waals surface area (Å²) in [5.74, 6) is -0.574. The molecule has 2 heterocycles. The molecule has 138 valence electrons. The average molecular weight is 385 g/mol. The normalized spacial score (nSPS) is 24.9. The molecule has 1 aliphatic carbocycles. The minimum atomic E-state index is -3.50. The van der Waals surface area contributed by atoms with Crippen molar-refractivity contribution >= 4 is 28.3 Å². The van der Waals surface area contributed by atoms with E-state index in [-0.39, 0.29) is 24.2 Å². The van der Waals surface area contributed by atoms with E-state index < -0.39 is 15.3 Å². The van der Waals surface area contributed by atoms with Crippen LogP contribution in [0.3, 0.4) is 0 Å². The summed E-state index contributed by atoms with van der Waals surface area (Å²) in [7, 11) is -3.50. The van der Waals surface area contributed by atoms with Gasteiger partial charge in [-0.3, -0.25) is 9.78 Å². The van der Waals surface area contributed by atoms with E-state index in [1.165, 1.54) is 11.1 Å². The predicted molar refractivity (Wildman–Crippen MR) is 99.9 cm³/mol. The maximum atomic E-state index is 12.7. The standard InChI is InChI=1S/C18H24N2O3S.ClH/c1-13-11-16-17(12-14(13)2)24(22,23)20(18(16)21)10-4-3-5-15-6-8-19-9-7-15;/h6-9,16-17H,3-5,10-12H2,1-2H3;1H. The molecule has 2 atom stereocenters. The van der Waals surface area contributed by atoms with Crippen molar-refractivity contribution in [3.63, 3.8) is 0 Å². The number of rotatable bonds is 5.